The maximum atomic E-state index is 11.8. The van der Waals surface area contributed by atoms with Crippen LogP contribution in [0.4, 0.5) is 0 Å². The molecule has 0 amide bonds. The van der Waals surface area contributed by atoms with Crippen LogP contribution in [-0.2, 0) is 6.54 Å². The van der Waals surface area contributed by atoms with E-state index in [4.69, 9.17) is 10.2 Å². The smallest absolute Gasteiger partial charge is 0.408 e. The molecule has 19 heavy (non-hydrogen) atoms. The van der Waals surface area contributed by atoms with Crippen LogP contribution in [0, 0.1) is 5.92 Å². The van der Waals surface area contributed by atoms with Crippen LogP contribution in [0.2, 0.25) is 0 Å². The van der Waals surface area contributed by atoms with Gasteiger partial charge in [-0.1, -0.05) is 26.8 Å². The Hall–Kier alpha value is -1.55. The Morgan fingerprint density at radius 3 is 2.74 bits per heavy atom. The monoisotopic (exact) mass is 262 g/mol. The lowest BCUT2D eigenvalue weighted by Crippen LogP contribution is -2.14. The van der Waals surface area contributed by atoms with E-state index in [2.05, 4.69) is 13.8 Å². The van der Waals surface area contributed by atoms with Gasteiger partial charge in [0, 0.05) is 12.6 Å². The van der Waals surface area contributed by atoms with Gasteiger partial charge < -0.3 is 10.2 Å². The Bertz CT molecular complexity index is 610. The fraction of sp³-hybridized carbons (Fsp3) is 0.533. The lowest BCUT2D eigenvalue weighted by molar-refractivity contribution is 0.499. The quantitative estimate of drug-likeness (QED) is 0.900. The molecule has 0 aliphatic heterocycles. The minimum Gasteiger partial charge on any atom is -0.408 e. The van der Waals surface area contributed by atoms with Crippen molar-refractivity contribution >= 4 is 11.1 Å². The van der Waals surface area contributed by atoms with Crippen LogP contribution in [0.3, 0.4) is 0 Å². The number of hydrogen-bond donors (Lipinski definition) is 1. The first-order chi connectivity index (χ1) is 9.02. The highest BCUT2D eigenvalue weighted by molar-refractivity contribution is 5.73. The molecule has 0 spiro atoms. The van der Waals surface area contributed by atoms with Crippen molar-refractivity contribution in [3.8, 4) is 0 Å². The van der Waals surface area contributed by atoms with Crippen molar-refractivity contribution in [3.63, 3.8) is 0 Å². The van der Waals surface area contributed by atoms with Crippen molar-refractivity contribution < 1.29 is 4.42 Å². The highest BCUT2D eigenvalue weighted by Gasteiger charge is 2.13. The summed E-state index contributed by atoms with van der Waals surface area (Å²) in [7, 11) is 0. The lowest BCUT2D eigenvalue weighted by Gasteiger charge is -2.14. The van der Waals surface area contributed by atoms with Gasteiger partial charge in [0.05, 0.1) is 5.52 Å². The highest BCUT2D eigenvalue weighted by Crippen LogP contribution is 2.23. The standard InChI is InChI=1S/C15H22N2O2/c1-4-7-17-13-6-5-11(12(16)8-10(2)3)9-14(13)19-15(17)18/h5-6,9-10,12H,4,7-8,16H2,1-3H3. The third kappa shape index (κ3) is 2.89. The molecule has 0 radical (unpaired) electrons. The van der Waals surface area contributed by atoms with Gasteiger partial charge in [0.2, 0.25) is 0 Å². The Labute approximate surface area is 113 Å². The van der Waals surface area contributed by atoms with Crippen LogP contribution >= 0.6 is 0 Å². The summed E-state index contributed by atoms with van der Waals surface area (Å²) in [5, 5.41) is 0. The van der Waals surface area contributed by atoms with Gasteiger partial charge in [-0.05, 0) is 36.5 Å². The van der Waals surface area contributed by atoms with Gasteiger partial charge in [0.25, 0.3) is 0 Å². The fourth-order valence-corrected chi connectivity index (χ4v) is 2.39. The topological polar surface area (TPSA) is 61.2 Å². The summed E-state index contributed by atoms with van der Waals surface area (Å²) in [6.45, 7) is 7.02. The first kappa shape index (κ1) is 13.9. The van der Waals surface area contributed by atoms with Gasteiger partial charge in [0.1, 0.15) is 0 Å². The molecule has 1 heterocycles. The molecule has 0 aliphatic rings. The predicted molar refractivity (Wildman–Crippen MR) is 77.1 cm³/mol. The van der Waals surface area contributed by atoms with Crippen LogP contribution in [0.5, 0.6) is 0 Å². The van der Waals surface area contributed by atoms with Gasteiger partial charge in [0.15, 0.2) is 5.58 Å². The van der Waals surface area contributed by atoms with E-state index in [1.165, 1.54) is 0 Å². The number of benzene rings is 1. The molecule has 0 saturated carbocycles. The zero-order chi connectivity index (χ0) is 14.0. The van der Waals surface area contributed by atoms with E-state index in [0.717, 1.165) is 23.9 Å². The Balaban J connectivity index is 2.39. The molecule has 0 bridgehead atoms. The zero-order valence-corrected chi connectivity index (χ0v) is 11.8. The van der Waals surface area contributed by atoms with E-state index >= 15 is 0 Å². The average Bonchev–Trinajstić information content (AvgIpc) is 2.65. The number of aromatic nitrogens is 1. The minimum absolute atomic E-state index is 0.00997. The zero-order valence-electron chi connectivity index (χ0n) is 11.8. The van der Waals surface area contributed by atoms with Crippen LogP contribution in [0.15, 0.2) is 27.4 Å². The first-order valence-corrected chi connectivity index (χ1v) is 6.91. The molecule has 0 aliphatic carbocycles. The van der Waals surface area contributed by atoms with Crippen molar-refractivity contribution in [2.75, 3.05) is 0 Å². The lowest BCUT2D eigenvalue weighted by atomic mass is 9.98. The van der Waals surface area contributed by atoms with Crippen molar-refractivity contribution in [1.82, 2.24) is 4.57 Å². The third-order valence-corrected chi connectivity index (χ3v) is 3.29. The predicted octanol–water partition coefficient (Wildman–Crippen LogP) is 3.05. The molecule has 1 aromatic heterocycles. The second kappa shape index (κ2) is 5.61. The molecule has 1 unspecified atom stereocenters. The number of hydrogen-bond acceptors (Lipinski definition) is 3. The van der Waals surface area contributed by atoms with Crippen LogP contribution < -0.4 is 11.5 Å². The molecule has 2 aromatic rings. The van der Waals surface area contributed by atoms with E-state index in [-0.39, 0.29) is 11.8 Å². The number of rotatable bonds is 5. The second-order valence-electron chi connectivity index (χ2n) is 5.48. The van der Waals surface area contributed by atoms with Crippen LogP contribution in [0.25, 0.3) is 11.1 Å². The van der Waals surface area contributed by atoms with Gasteiger partial charge in [-0.15, -0.1) is 0 Å². The molecule has 1 atom stereocenters. The number of oxazole rings is 1. The van der Waals surface area contributed by atoms with Gasteiger partial charge in [-0.2, -0.15) is 0 Å². The normalized spacial score (nSPS) is 13.3. The molecule has 4 heteroatoms. The molecule has 104 valence electrons. The largest absolute Gasteiger partial charge is 0.419 e. The molecule has 2 rings (SSSR count). The Kier molecular flexibility index (Phi) is 4.10. The van der Waals surface area contributed by atoms with Crippen LogP contribution in [0.1, 0.15) is 45.2 Å². The van der Waals surface area contributed by atoms with E-state index < -0.39 is 0 Å². The fourth-order valence-electron chi connectivity index (χ4n) is 2.39. The van der Waals surface area contributed by atoms with Crippen molar-refractivity contribution in [2.24, 2.45) is 11.7 Å². The van der Waals surface area contributed by atoms with Crippen molar-refractivity contribution in [2.45, 2.75) is 46.2 Å². The molecule has 2 N–H and O–H groups in total. The highest BCUT2D eigenvalue weighted by atomic mass is 16.4. The number of nitrogens with two attached hydrogens (primary N) is 1. The van der Waals surface area contributed by atoms with Crippen molar-refractivity contribution in [1.29, 1.82) is 0 Å². The number of nitrogens with zero attached hydrogens (tertiary/aromatic N) is 1. The Morgan fingerprint density at radius 2 is 2.11 bits per heavy atom. The average molecular weight is 262 g/mol. The SMILES string of the molecule is CCCn1c(=O)oc2cc(C(N)CC(C)C)ccc21. The summed E-state index contributed by atoms with van der Waals surface area (Å²) in [5.74, 6) is 0.258. The third-order valence-electron chi connectivity index (χ3n) is 3.29. The van der Waals surface area contributed by atoms with Crippen molar-refractivity contribution in [3.05, 3.63) is 34.3 Å². The summed E-state index contributed by atoms with van der Waals surface area (Å²) >= 11 is 0. The van der Waals surface area contributed by atoms with Gasteiger partial charge in [-0.3, -0.25) is 4.57 Å². The number of fused-ring (bicyclic) bond motifs is 1. The number of aryl methyl sites for hydroxylation is 1. The first-order valence-electron chi connectivity index (χ1n) is 6.91. The summed E-state index contributed by atoms with van der Waals surface area (Å²) in [6, 6.07) is 5.82. The maximum Gasteiger partial charge on any atom is 0.419 e. The van der Waals surface area contributed by atoms with Gasteiger partial charge in [-0.25, -0.2) is 4.79 Å². The van der Waals surface area contributed by atoms with E-state index in [1.54, 1.807) is 4.57 Å². The van der Waals surface area contributed by atoms with E-state index in [1.807, 2.05) is 25.1 Å². The van der Waals surface area contributed by atoms with E-state index in [9.17, 15) is 4.79 Å². The summed E-state index contributed by atoms with van der Waals surface area (Å²) in [4.78, 5) is 11.8. The molecular formula is C15H22N2O2. The molecule has 4 nitrogen and oxygen atoms in total. The Morgan fingerprint density at radius 1 is 1.37 bits per heavy atom. The summed E-state index contributed by atoms with van der Waals surface area (Å²) in [6.07, 6.45) is 1.83. The van der Waals surface area contributed by atoms with Crippen LogP contribution in [-0.4, -0.2) is 4.57 Å². The molecule has 1 aromatic carbocycles. The molecular weight excluding hydrogens is 240 g/mol. The second-order valence-corrected chi connectivity index (χ2v) is 5.48. The molecule has 0 fully saturated rings. The maximum absolute atomic E-state index is 11.8. The minimum atomic E-state index is -0.286. The van der Waals surface area contributed by atoms with E-state index in [0.29, 0.717) is 18.0 Å². The molecule has 0 saturated heterocycles. The van der Waals surface area contributed by atoms with Gasteiger partial charge >= 0.3 is 5.76 Å². The summed E-state index contributed by atoms with van der Waals surface area (Å²) in [5.41, 5.74) is 8.68. The summed E-state index contributed by atoms with van der Waals surface area (Å²) < 4.78 is 6.97.